The number of alkyl halides is 9. The van der Waals surface area contributed by atoms with Crippen LogP contribution in [-0.4, -0.2) is 53.3 Å². The molecule has 2 heterocycles. The minimum atomic E-state index is -5.07. The van der Waals surface area contributed by atoms with Gasteiger partial charge < -0.3 is 0 Å². The topological polar surface area (TPSA) is 109 Å². The monoisotopic (exact) mass is 1040 g/mol. The highest BCUT2D eigenvalue weighted by molar-refractivity contribution is 6.34. The van der Waals surface area contributed by atoms with E-state index in [1.54, 1.807) is 25.1 Å². The minimum absolute atomic E-state index is 0.0116. The molecular formula is C59H41F9N2O6. The van der Waals surface area contributed by atoms with Gasteiger partial charge in [0.15, 0.2) is 11.6 Å². The molecule has 0 aliphatic carbocycles. The number of imide groups is 2. The Balaban J connectivity index is 0.916. The number of benzene rings is 7. The van der Waals surface area contributed by atoms with E-state index in [2.05, 4.69) is 0 Å². The smallest absolute Gasteiger partial charge is 0.294 e. The molecule has 8 nitrogen and oxygen atoms in total. The highest BCUT2D eigenvalue weighted by Gasteiger charge is 2.55. The number of nitrogens with zero attached hydrogens (tertiary/aromatic N) is 2. The molecule has 386 valence electrons. The number of aryl methyl sites for hydroxylation is 3. The van der Waals surface area contributed by atoms with Gasteiger partial charge in [-0.05, 0) is 126 Å². The molecule has 1 unspecified atom stereocenters. The minimum Gasteiger partial charge on any atom is -0.294 e. The molecule has 17 heteroatoms. The van der Waals surface area contributed by atoms with Crippen molar-refractivity contribution in [2.24, 2.45) is 0 Å². The van der Waals surface area contributed by atoms with Crippen LogP contribution in [0.15, 0.2) is 133 Å². The van der Waals surface area contributed by atoms with Gasteiger partial charge in [0, 0.05) is 31.0 Å². The zero-order chi connectivity index (χ0) is 55.1. The Bertz CT molecular complexity index is 3650. The number of carbonyl (C=O) groups is 6. The molecule has 4 amide bonds. The van der Waals surface area contributed by atoms with Crippen molar-refractivity contribution in [1.29, 1.82) is 0 Å². The molecule has 2 aliphatic heterocycles. The Morgan fingerprint density at radius 1 is 0.434 bits per heavy atom. The van der Waals surface area contributed by atoms with Crippen LogP contribution in [0.1, 0.15) is 119 Å². The number of hydrogen-bond donors (Lipinski definition) is 0. The van der Waals surface area contributed by atoms with Crippen molar-refractivity contribution in [2.75, 3.05) is 11.9 Å². The summed E-state index contributed by atoms with van der Waals surface area (Å²) in [6.07, 6.45) is -15.4. The van der Waals surface area contributed by atoms with Gasteiger partial charge in [0.1, 0.15) is 5.41 Å². The van der Waals surface area contributed by atoms with Crippen molar-refractivity contribution in [1.82, 2.24) is 4.90 Å². The van der Waals surface area contributed by atoms with Gasteiger partial charge in [0.05, 0.1) is 39.1 Å². The first-order valence-electron chi connectivity index (χ1n) is 23.4. The Hall–Kier alpha value is -8.47. The lowest BCUT2D eigenvalue weighted by Gasteiger charge is -2.33. The SMILES string of the molecule is Cc1ccc(-c2ccc(CC(=O)c3ccc(C(=O)Cc4ccc(-c5ccc(N6C(=O)c7ccc(C(C)(c8ccc9c(c8)C(=O)N(C)C9=O)C(F)(F)F)cc7C6=O)cc5C(F)(F)F)c(C)c4)cc3)cc2C(F)(F)F)c(C)c1. The quantitative estimate of drug-likeness (QED) is 0.0725. The van der Waals surface area contributed by atoms with E-state index in [4.69, 9.17) is 0 Å². The molecule has 0 aromatic heterocycles. The van der Waals surface area contributed by atoms with Gasteiger partial charge in [-0.3, -0.25) is 33.7 Å². The number of anilines is 1. The average Bonchev–Trinajstić information content (AvgIpc) is 3.74. The van der Waals surface area contributed by atoms with Crippen LogP contribution in [0.4, 0.5) is 45.2 Å². The largest absolute Gasteiger partial charge is 0.417 e. The lowest BCUT2D eigenvalue weighted by molar-refractivity contribution is -0.173. The molecule has 2 aliphatic rings. The Morgan fingerprint density at radius 2 is 0.842 bits per heavy atom. The highest BCUT2D eigenvalue weighted by atomic mass is 19.4. The van der Waals surface area contributed by atoms with E-state index in [1.807, 2.05) is 6.92 Å². The van der Waals surface area contributed by atoms with Crippen LogP contribution in [0.25, 0.3) is 22.3 Å². The first kappa shape index (κ1) is 52.4. The second-order valence-electron chi connectivity index (χ2n) is 19.1. The summed E-state index contributed by atoms with van der Waals surface area (Å²) in [4.78, 5) is 80.7. The Morgan fingerprint density at radius 3 is 1.34 bits per heavy atom. The molecule has 9 rings (SSSR count). The van der Waals surface area contributed by atoms with Gasteiger partial charge in [0.2, 0.25) is 0 Å². The van der Waals surface area contributed by atoms with Gasteiger partial charge in [-0.15, -0.1) is 0 Å². The van der Waals surface area contributed by atoms with Crippen molar-refractivity contribution in [3.63, 3.8) is 0 Å². The molecule has 7 aromatic rings. The van der Waals surface area contributed by atoms with Gasteiger partial charge in [-0.1, -0.05) is 96.6 Å². The molecule has 0 saturated heterocycles. The normalized spacial score (nSPS) is 14.6. The van der Waals surface area contributed by atoms with Crippen molar-refractivity contribution >= 4 is 40.9 Å². The maximum atomic E-state index is 15.1. The standard InChI is InChI=1S/C59H41F9N2O6/c1-30-6-16-40(31(2)22-30)42-18-8-34(24-48(42)57(60,61)62)26-51(72)36-11-9-35(10-12-36)50(71)25-33-7-17-41(32(3)23-33)43-21-15-39(29-49(43)58(63,64)65)70-54(75)45-20-14-38(28-47(45)55(70)76)56(4,59(66,67)68)37-13-19-44-46(27-37)53(74)69(5)52(44)73/h6-24,27-29H,25-26H2,1-5H3. The number of carbonyl (C=O) groups excluding carboxylic acids is 6. The second-order valence-corrected chi connectivity index (χ2v) is 19.1. The average molecular weight is 1040 g/mol. The maximum Gasteiger partial charge on any atom is 0.417 e. The van der Waals surface area contributed by atoms with Crippen LogP contribution >= 0.6 is 0 Å². The lowest BCUT2D eigenvalue weighted by Crippen LogP contribution is -2.41. The van der Waals surface area contributed by atoms with Gasteiger partial charge in [-0.25, -0.2) is 4.90 Å². The number of Topliss-reactive ketones (excluding diaryl/α,β-unsaturated/α-hetero) is 2. The molecular weight excluding hydrogens is 1000 g/mol. The summed E-state index contributed by atoms with van der Waals surface area (Å²) in [5.74, 6) is -4.70. The van der Waals surface area contributed by atoms with Crippen molar-refractivity contribution in [3.8, 4) is 22.3 Å². The van der Waals surface area contributed by atoms with E-state index in [0.717, 1.165) is 72.0 Å². The third kappa shape index (κ3) is 9.17. The molecule has 1 atom stereocenters. The van der Waals surface area contributed by atoms with Crippen molar-refractivity contribution in [3.05, 3.63) is 217 Å². The molecule has 0 bridgehead atoms. The Labute approximate surface area is 428 Å². The second kappa shape index (κ2) is 18.7. The fraction of sp³-hybridized carbons (Fsp3) is 0.186. The number of halogens is 9. The summed E-state index contributed by atoms with van der Waals surface area (Å²) in [6.45, 7) is 5.87. The van der Waals surface area contributed by atoms with Crippen LogP contribution in [0.5, 0.6) is 0 Å². The summed E-state index contributed by atoms with van der Waals surface area (Å²) >= 11 is 0. The van der Waals surface area contributed by atoms with Crippen molar-refractivity contribution in [2.45, 2.75) is 64.5 Å². The number of fused-ring (bicyclic) bond motifs is 2. The summed E-state index contributed by atoms with van der Waals surface area (Å²) in [5, 5.41) is 0. The van der Waals surface area contributed by atoms with E-state index in [9.17, 15) is 55.1 Å². The molecule has 0 N–H and O–H groups in total. The summed E-state index contributed by atoms with van der Waals surface area (Å²) in [5.41, 5.74) is -4.85. The fourth-order valence-electron chi connectivity index (χ4n) is 9.93. The van der Waals surface area contributed by atoms with E-state index >= 15 is 13.2 Å². The number of hydrogen-bond acceptors (Lipinski definition) is 6. The molecule has 76 heavy (non-hydrogen) atoms. The van der Waals surface area contributed by atoms with Crippen LogP contribution in [-0.2, 0) is 30.6 Å². The zero-order valence-electron chi connectivity index (χ0n) is 40.9. The van der Waals surface area contributed by atoms with Gasteiger partial charge in [-0.2, -0.15) is 39.5 Å². The lowest BCUT2D eigenvalue weighted by atomic mass is 9.74. The van der Waals surface area contributed by atoms with Gasteiger partial charge in [0.25, 0.3) is 23.6 Å². The van der Waals surface area contributed by atoms with Crippen molar-refractivity contribution < 1.29 is 68.3 Å². The number of ketones is 2. The summed E-state index contributed by atoms with van der Waals surface area (Å²) in [7, 11) is 1.18. The molecule has 0 fully saturated rings. The predicted molar refractivity (Wildman–Crippen MR) is 263 cm³/mol. The van der Waals surface area contributed by atoms with Crippen LogP contribution in [0.2, 0.25) is 0 Å². The van der Waals surface area contributed by atoms with Crippen LogP contribution in [0.3, 0.4) is 0 Å². The van der Waals surface area contributed by atoms with Gasteiger partial charge >= 0.3 is 18.5 Å². The first-order chi connectivity index (χ1) is 35.6. The van der Waals surface area contributed by atoms with Crippen LogP contribution < -0.4 is 4.90 Å². The fourth-order valence-corrected chi connectivity index (χ4v) is 9.93. The molecule has 7 aromatic carbocycles. The first-order valence-corrected chi connectivity index (χ1v) is 23.4. The predicted octanol–water partition coefficient (Wildman–Crippen LogP) is 13.7. The van der Waals surface area contributed by atoms with E-state index < -0.39 is 92.6 Å². The van der Waals surface area contributed by atoms with E-state index in [0.29, 0.717) is 33.2 Å². The Kier molecular flexibility index (Phi) is 12.9. The third-order valence-corrected chi connectivity index (χ3v) is 14.2. The highest BCUT2D eigenvalue weighted by Crippen LogP contribution is 2.49. The van der Waals surface area contributed by atoms with E-state index in [1.165, 1.54) is 68.6 Å². The number of rotatable bonds is 11. The van der Waals surface area contributed by atoms with E-state index in [-0.39, 0.29) is 62.9 Å². The van der Waals surface area contributed by atoms with Crippen LogP contribution in [0, 0.1) is 20.8 Å². The molecule has 0 spiro atoms. The molecule has 0 radical (unpaired) electrons. The third-order valence-electron chi connectivity index (χ3n) is 14.2. The number of amides is 4. The summed E-state index contributed by atoms with van der Waals surface area (Å²) in [6, 6.07) is 27.4. The molecule has 0 saturated carbocycles. The zero-order valence-corrected chi connectivity index (χ0v) is 40.9. The maximum absolute atomic E-state index is 15.1. The summed E-state index contributed by atoms with van der Waals surface area (Å²) < 4.78 is 133.